The van der Waals surface area contributed by atoms with Crippen molar-refractivity contribution in [3.63, 3.8) is 0 Å². The second kappa shape index (κ2) is 6.13. The zero-order chi connectivity index (χ0) is 12.1. The second-order valence-corrected chi connectivity index (χ2v) is 6.55. The third-order valence-corrected chi connectivity index (χ3v) is 4.77. The van der Waals surface area contributed by atoms with Crippen molar-refractivity contribution in [3.8, 4) is 0 Å². The van der Waals surface area contributed by atoms with Gasteiger partial charge in [0.15, 0.2) is 0 Å². The summed E-state index contributed by atoms with van der Waals surface area (Å²) in [5.74, 6) is 0. The van der Waals surface area contributed by atoms with E-state index in [9.17, 15) is 8.42 Å². The lowest BCUT2D eigenvalue weighted by atomic mass is 9.96. The molecule has 3 N–H and O–H groups in total. The molecule has 0 aromatic carbocycles. The average Bonchev–Trinajstić information content (AvgIpc) is 2.30. The first kappa shape index (κ1) is 13.3. The minimum Gasteiger partial charge on any atom is -0.301 e. The first-order chi connectivity index (χ1) is 8.16. The van der Waals surface area contributed by atoms with Gasteiger partial charge in [0.2, 0.25) is 0 Å². The predicted molar refractivity (Wildman–Crippen MR) is 67.7 cm³/mol. The normalized spacial score (nSPS) is 28.1. The van der Waals surface area contributed by atoms with Gasteiger partial charge < -0.3 is 5.32 Å². The highest BCUT2D eigenvalue weighted by atomic mass is 32.2. The standard InChI is InChI=1S/C11H23N3O2S/c15-17(16,13-10-6-2-1-3-7-10)14-11-8-4-5-9-12-11/h10-14H,1-9H2. The molecule has 17 heavy (non-hydrogen) atoms. The molecule has 1 aliphatic heterocycles. The first-order valence-corrected chi connectivity index (χ1v) is 8.17. The molecule has 0 bridgehead atoms. The molecule has 1 atom stereocenters. The first-order valence-electron chi connectivity index (χ1n) is 6.69. The van der Waals surface area contributed by atoms with E-state index in [1.165, 1.54) is 6.42 Å². The third-order valence-electron chi connectivity index (χ3n) is 3.53. The highest BCUT2D eigenvalue weighted by molar-refractivity contribution is 7.87. The lowest BCUT2D eigenvalue weighted by Crippen LogP contribution is -2.53. The fourth-order valence-electron chi connectivity index (χ4n) is 2.61. The molecule has 2 rings (SSSR count). The molecule has 1 unspecified atom stereocenters. The van der Waals surface area contributed by atoms with E-state index in [1.807, 2.05) is 0 Å². The van der Waals surface area contributed by atoms with Crippen LogP contribution in [0.25, 0.3) is 0 Å². The van der Waals surface area contributed by atoms with Crippen LogP contribution >= 0.6 is 0 Å². The topological polar surface area (TPSA) is 70.2 Å². The molecule has 1 saturated heterocycles. The van der Waals surface area contributed by atoms with E-state index in [-0.39, 0.29) is 12.2 Å². The number of hydrogen-bond donors (Lipinski definition) is 3. The van der Waals surface area contributed by atoms with E-state index in [2.05, 4.69) is 14.8 Å². The monoisotopic (exact) mass is 261 g/mol. The van der Waals surface area contributed by atoms with E-state index in [0.29, 0.717) is 0 Å². The van der Waals surface area contributed by atoms with Crippen molar-refractivity contribution in [3.05, 3.63) is 0 Å². The van der Waals surface area contributed by atoms with Crippen LogP contribution in [0.3, 0.4) is 0 Å². The molecule has 100 valence electrons. The summed E-state index contributed by atoms with van der Waals surface area (Å²) in [5, 5.41) is 3.18. The van der Waals surface area contributed by atoms with E-state index in [0.717, 1.165) is 51.5 Å². The molecule has 1 heterocycles. The van der Waals surface area contributed by atoms with Gasteiger partial charge in [0.1, 0.15) is 0 Å². The predicted octanol–water partition coefficient (Wildman–Crippen LogP) is 0.843. The maximum Gasteiger partial charge on any atom is 0.278 e. The lowest BCUT2D eigenvalue weighted by Gasteiger charge is -2.27. The minimum absolute atomic E-state index is 0.0927. The van der Waals surface area contributed by atoms with Crippen LogP contribution in [0.15, 0.2) is 0 Å². The van der Waals surface area contributed by atoms with Gasteiger partial charge in [0.25, 0.3) is 10.2 Å². The quantitative estimate of drug-likeness (QED) is 0.702. The lowest BCUT2D eigenvalue weighted by molar-refractivity contribution is 0.371. The Balaban J connectivity index is 1.80. The summed E-state index contributed by atoms with van der Waals surface area (Å²) in [7, 11) is -3.34. The molecular weight excluding hydrogens is 238 g/mol. The van der Waals surface area contributed by atoms with Gasteiger partial charge in [-0.3, -0.25) is 0 Å². The molecular formula is C11H23N3O2S. The molecule has 6 heteroatoms. The van der Waals surface area contributed by atoms with E-state index < -0.39 is 10.2 Å². The Morgan fingerprint density at radius 2 is 1.59 bits per heavy atom. The highest BCUT2D eigenvalue weighted by Crippen LogP contribution is 2.18. The summed E-state index contributed by atoms with van der Waals surface area (Å²) in [4.78, 5) is 0. The average molecular weight is 261 g/mol. The molecule has 2 aliphatic rings. The largest absolute Gasteiger partial charge is 0.301 e. The fraction of sp³-hybridized carbons (Fsp3) is 1.00. The van der Waals surface area contributed by atoms with Crippen molar-refractivity contribution < 1.29 is 8.42 Å². The number of piperidine rings is 1. The number of hydrogen-bond acceptors (Lipinski definition) is 3. The van der Waals surface area contributed by atoms with Crippen molar-refractivity contribution in [1.82, 2.24) is 14.8 Å². The SMILES string of the molecule is O=S(=O)(NC1CCCCC1)NC1CCCCN1. The van der Waals surface area contributed by atoms with Crippen LogP contribution in [0.2, 0.25) is 0 Å². The van der Waals surface area contributed by atoms with Crippen molar-refractivity contribution >= 4 is 10.2 Å². The Bertz CT molecular complexity index is 294. The van der Waals surface area contributed by atoms with Gasteiger partial charge in [-0.15, -0.1) is 0 Å². The summed E-state index contributed by atoms with van der Waals surface area (Å²) in [6, 6.07) is 0.129. The molecule has 0 aromatic rings. The number of rotatable bonds is 4. The van der Waals surface area contributed by atoms with Crippen LogP contribution < -0.4 is 14.8 Å². The van der Waals surface area contributed by atoms with Gasteiger partial charge >= 0.3 is 0 Å². The minimum atomic E-state index is -3.34. The van der Waals surface area contributed by atoms with Gasteiger partial charge in [0.05, 0.1) is 6.17 Å². The molecule has 1 saturated carbocycles. The Kier molecular flexibility index (Phi) is 4.78. The molecule has 2 fully saturated rings. The zero-order valence-corrected chi connectivity index (χ0v) is 11.1. The Hall–Kier alpha value is -0.170. The van der Waals surface area contributed by atoms with Crippen molar-refractivity contribution in [1.29, 1.82) is 0 Å². The maximum absolute atomic E-state index is 11.9. The van der Waals surface area contributed by atoms with E-state index in [4.69, 9.17) is 0 Å². The summed E-state index contributed by atoms with van der Waals surface area (Å²) in [5.41, 5.74) is 0. The van der Waals surface area contributed by atoms with Crippen LogP contribution in [-0.4, -0.2) is 27.2 Å². The third kappa shape index (κ3) is 4.54. The fourth-order valence-corrected chi connectivity index (χ4v) is 3.93. The van der Waals surface area contributed by atoms with Crippen LogP contribution in [0, 0.1) is 0 Å². The molecule has 0 amide bonds. The van der Waals surface area contributed by atoms with Crippen molar-refractivity contribution in [2.75, 3.05) is 6.54 Å². The van der Waals surface area contributed by atoms with Crippen molar-refractivity contribution in [2.24, 2.45) is 0 Å². The Labute approximate surface area is 104 Å². The van der Waals surface area contributed by atoms with Gasteiger partial charge in [-0.2, -0.15) is 17.9 Å². The number of nitrogens with one attached hydrogen (secondary N) is 3. The van der Waals surface area contributed by atoms with Crippen molar-refractivity contribution in [2.45, 2.75) is 63.6 Å². The van der Waals surface area contributed by atoms with Gasteiger partial charge in [0, 0.05) is 6.04 Å². The summed E-state index contributed by atoms with van der Waals surface area (Å²) >= 11 is 0. The summed E-state index contributed by atoms with van der Waals surface area (Å²) in [6.45, 7) is 0.899. The molecule has 5 nitrogen and oxygen atoms in total. The van der Waals surface area contributed by atoms with E-state index >= 15 is 0 Å². The van der Waals surface area contributed by atoms with Crippen LogP contribution in [0.4, 0.5) is 0 Å². The molecule has 1 aliphatic carbocycles. The smallest absolute Gasteiger partial charge is 0.278 e. The van der Waals surface area contributed by atoms with Gasteiger partial charge in [-0.1, -0.05) is 19.3 Å². The van der Waals surface area contributed by atoms with Crippen LogP contribution in [0.1, 0.15) is 51.4 Å². The second-order valence-electron chi connectivity index (χ2n) is 5.08. The zero-order valence-electron chi connectivity index (χ0n) is 10.2. The summed E-state index contributed by atoms with van der Waals surface area (Å²) < 4.78 is 29.3. The Morgan fingerprint density at radius 3 is 2.24 bits per heavy atom. The molecule has 0 spiro atoms. The Morgan fingerprint density at radius 1 is 0.882 bits per heavy atom. The van der Waals surface area contributed by atoms with Crippen LogP contribution in [-0.2, 0) is 10.2 Å². The maximum atomic E-state index is 11.9. The van der Waals surface area contributed by atoms with Gasteiger partial charge in [-0.05, 0) is 38.6 Å². The molecule has 0 aromatic heterocycles. The van der Waals surface area contributed by atoms with E-state index in [1.54, 1.807) is 0 Å². The molecule has 0 radical (unpaired) electrons. The van der Waals surface area contributed by atoms with Gasteiger partial charge in [-0.25, -0.2) is 0 Å². The van der Waals surface area contributed by atoms with Crippen LogP contribution in [0.5, 0.6) is 0 Å². The summed E-state index contributed by atoms with van der Waals surface area (Å²) in [6.07, 6.45) is 8.45. The highest BCUT2D eigenvalue weighted by Gasteiger charge is 2.23.